The molecule has 0 saturated carbocycles. The number of carbonyl (C=O) groups is 1. The molecule has 0 aliphatic heterocycles. The summed E-state index contributed by atoms with van der Waals surface area (Å²) in [6.07, 6.45) is 0. The number of para-hydroxylation sites is 1. The Balaban J connectivity index is 2.18. The second-order valence-electron chi connectivity index (χ2n) is 3.55. The summed E-state index contributed by atoms with van der Waals surface area (Å²) in [7, 11) is 0. The third-order valence-corrected chi connectivity index (χ3v) is 2.39. The SMILES string of the molecule is Cc1ccc(C(=O)Nc2ccccc2)n1N. The maximum atomic E-state index is 11.8. The Bertz CT molecular complexity index is 502. The number of benzene rings is 1. The molecule has 0 bridgehead atoms. The zero-order valence-electron chi connectivity index (χ0n) is 8.97. The van der Waals surface area contributed by atoms with Crippen molar-refractivity contribution in [3.8, 4) is 0 Å². The first-order valence-corrected chi connectivity index (χ1v) is 4.98. The Morgan fingerprint density at radius 2 is 1.88 bits per heavy atom. The van der Waals surface area contributed by atoms with Gasteiger partial charge in [0.1, 0.15) is 5.69 Å². The van der Waals surface area contributed by atoms with Crippen LogP contribution >= 0.6 is 0 Å². The Hall–Kier alpha value is -2.23. The zero-order chi connectivity index (χ0) is 11.5. The molecule has 0 spiro atoms. The second kappa shape index (κ2) is 4.10. The molecule has 2 rings (SSSR count). The van der Waals surface area contributed by atoms with E-state index in [1.54, 1.807) is 12.1 Å². The number of nitrogens with two attached hydrogens (primary N) is 1. The van der Waals surface area contributed by atoms with E-state index in [2.05, 4.69) is 5.32 Å². The monoisotopic (exact) mass is 215 g/mol. The van der Waals surface area contributed by atoms with E-state index < -0.39 is 0 Å². The van der Waals surface area contributed by atoms with Gasteiger partial charge in [0.05, 0.1) is 0 Å². The van der Waals surface area contributed by atoms with Crippen molar-refractivity contribution < 1.29 is 4.79 Å². The van der Waals surface area contributed by atoms with E-state index in [0.717, 1.165) is 11.4 Å². The number of nitrogen functional groups attached to an aromatic ring is 1. The van der Waals surface area contributed by atoms with Crippen LogP contribution in [0.1, 0.15) is 16.2 Å². The van der Waals surface area contributed by atoms with Crippen LogP contribution in [0.5, 0.6) is 0 Å². The van der Waals surface area contributed by atoms with Gasteiger partial charge in [0, 0.05) is 11.4 Å². The van der Waals surface area contributed by atoms with Gasteiger partial charge in [-0.15, -0.1) is 0 Å². The number of aryl methyl sites for hydroxylation is 1. The highest BCUT2D eigenvalue weighted by Gasteiger charge is 2.11. The number of anilines is 1. The molecule has 1 amide bonds. The average molecular weight is 215 g/mol. The van der Waals surface area contributed by atoms with Gasteiger partial charge in [0.25, 0.3) is 5.91 Å². The maximum absolute atomic E-state index is 11.8. The van der Waals surface area contributed by atoms with E-state index in [9.17, 15) is 4.79 Å². The molecule has 0 aliphatic carbocycles. The zero-order valence-corrected chi connectivity index (χ0v) is 8.97. The molecule has 82 valence electrons. The van der Waals surface area contributed by atoms with Gasteiger partial charge in [-0.05, 0) is 31.2 Å². The summed E-state index contributed by atoms with van der Waals surface area (Å²) in [6.45, 7) is 1.85. The summed E-state index contributed by atoms with van der Waals surface area (Å²) in [6, 6.07) is 12.8. The van der Waals surface area contributed by atoms with Crippen LogP contribution in [0.25, 0.3) is 0 Å². The predicted octanol–water partition coefficient (Wildman–Crippen LogP) is 1.76. The smallest absolute Gasteiger partial charge is 0.274 e. The average Bonchev–Trinajstić information content (AvgIpc) is 2.61. The van der Waals surface area contributed by atoms with Crippen molar-refractivity contribution in [3.05, 3.63) is 53.9 Å². The summed E-state index contributed by atoms with van der Waals surface area (Å²) in [4.78, 5) is 11.8. The van der Waals surface area contributed by atoms with Crippen LogP contribution in [0.3, 0.4) is 0 Å². The third-order valence-electron chi connectivity index (χ3n) is 2.39. The largest absolute Gasteiger partial charge is 0.339 e. The fourth-order valence-electron chi connectivity index (χ4n) is 1.45. The molecule has 0 saturated heterocycles. The molecular weight excluding hydrogens is 202 g/mol. The van der Waals surface area contributed by atoms with Gasteiger partial charge in [-0.2, -0.15) is 0 Å². The van der Waals surface area contributed by atoms with Gasteiger partial charge in [0.15, 0.2) is 0 Å². The molecular formula is C12H13N3O. The molecule has 1 aromatic carbocycles. The molecule has 4 heteroatoms. The van der Waals surface area contributed by atoms with Crippen molar-refractivity contribution in [2.24, 2.45) is 0 Å². The lowest BCUT2D eigenvalue weighted by molar-refractivity contribution is 0.102. The van der Waals surface area contributed by atoms with Gasteiger partial charge in [0.2, 0.25) is 0 Å². The quantitative estimate of drug-likeness (QED) is 0.750. The summed E-state index contributed by atoms with van der Waals surface area (Å²) in [5, 5.41) is 2.77. The summed E-state index contributed by atoms with van der Waals surface area (Å²) in [5.74, 6) is 5.51. The fraction of sp³-hybridized carbons (Fsp3) is 0.0833. The van der Waals surface area contributed by atoms with E-state index in [1.807, 2.05) is 37.3 Å². The van der Waals surface area contributed by atoms with Gasteiger partial charge in [-0.1, -0.05) is 18.2 Å². The Labute approximate surface area is 93.7 Å². The van der Waals surface area contributed by atoms with Crippen molar-refractivity contribution in [2.45, 2.75) is 6.92 Å². The normalized spacial score (nSPS) is 10.1. The minimum Gasteiger partial charge on any atom is -0.339 e. The standard InChI is InChI=1S/C12H13N3O/c1-9-7-8-11(15(9)13)12(16)14-10-5-3-2-4-6-10/h2-8H,13H2,1H3,(H,14,16). The Morgan fingerprint density at radius 1 is 1.19 bits per heavy atom. The van der Waals surface area contributed by atoms with Gasteiger partial charge >= 0.3 is 0 Å². The molecule has 0 radical (unpaired) electrons. The third kappa shape index (κ3) is 1.91. The summed E-state index contributed by atoms with van der Waals surface area (Å²) in [5.41, 5.74) is 2.05. The van der Waals surface area contributed by atoms with Crippen LogP contribution in [-0.4, -0.2) is 10.6 Å². The molecule has 1 aromatic heterocycles. The maximum Gasteiger partial charge on any atom is 0.274 e. The molecule has 0 aliphatic rings. The lowest BCUT2D eigenvalue weighted by Gasteiger charge is -2.06. The van der Waals surface area contributed by atoms with Crippen molar-refractivity contribution in [1.82, 2.24) is 4.68 Å². The van der Waals surface area contributed by atoms with E-state index in [4.69, 9.17) is 5.84 Å². The van der Waals surface area contributed by atoms with E-state index >= 15 is 0 Å². The van der Waals surface area contributed by atoms with Crippen LogP contribution < -0.4 is 11.2 Å². The minimum absolute atomic E-state index is 0.207. The number of carbonyl (C=O) groups excluding carboxylic acids is 1. The number of rotatable bonds is 2. The summed E-state index contributed by atoms with van der Waals surface area (Å²) < 4.78 is 1.37. The van der Waals surface area contributed by atoms with Crippen molar-refractivity contribution in [2.75, 3.05) is 11.2 Å². The number of nitrogens with one attached hydrogen (secondary N) is 1. The van der Waals surface area contributed by atoms with Crippen LogP contribution in [0.15, 0.2) is 42.5 Å². The highest BCUT2D eigenvalue weighted by Crippen LogP contribution is 2.09. The van der Waals surface area contributed by atoms with Gasteiger partial charge in [-0.3, -0.25) is 9.47 Å². The molecule has 16 heavy (non-hydrogen) atoms. The molecule has 0 atom stereocenters. The van der Waals surface area contributed by atoms with Crippen molar-refractivity contribution in [3.63, 3.8) is 0 Å². The summed E-state index contributed by atoms with van der Waals surface area (Å²) >= 11 is 0. The highest BCUT2D eigenvalue weighted by atomic mass is 16.2. The number of amides is 1. The Kier molecular flexibility index (Phi) is 2.64. The fourth-order valence-corrected chi connectivity index (χ4v) is 1.45. The van der Waals surface area contributed by atoms with Crippen LogP contribution in [0, 0.1) is 6.92 Å². The lowest BCUT2D eigenvalue weighted by Crippen LogP contribution is -2.22. The van der Waals surface area contributed by atoms with E-state index in [0.29, 0.717) is 5.69 Å². The minimum atomic E-state index is -0.207. The predicted molar refractivity (Wildman–Crippen MR) is 63.7 cm³/mol. The number of nitrogens with zero attached hydrogens (tertiary/aromatic N) is 1. The van der Waals surface area contributed by atoms with Crippen LogP contribution in [0.4, 0.5) is 5.69 Å². The van der Waals surface area contributed by atoms with E-state index in [1.165, 1.54) is 4.68 Å². The second-order valence-corrected chi connectivity index (χ2v) is 3.55. The van der Waals surface area contributed by atoms with E-state index in [-0.39, 0.29) is 5.91 Å². The first kappa shape index (κ1) is 10.3. The van der Waals surface area contributed by atoms with Crippen molar-refractivity contribution in [1.29, 1.82) is 0 Å². The molecule has 2 aromatic rings. The first-order chi connectivity index (χ1) is 7.68. The number of aromatic nitrogens is 1. The van der Waals surface area contributed by atoms with Gasteiger partial charge < -0.3 is 11.2 Å². The number of hydrogen-bond donors (Lipinski definition) is 2. The molecule has 4 nitrogen and oxygen atoms in total. The van der Waals surface area contributed by atoms with Crippen LogP contribution in [0.2, 0.25) is 0 Å². The molecule has 0 unspecified atom stereocenters. The number of hydrogen-bond acceptors (Lipinski definition) is 2. The van der Waals surface area contributed by atoms with Crippen molar-refractivity contribution >= 4 is 11.6 Å². The molecule has 0 fully saturated rings. The molecule has 3 N–H and O–H groups in total. The van der Waals surface area contributed by atoms with Crippen LogP contribution in [-0.2, 0) is 0 Å². The highest BCUT2D eigenvalue weighted by molar-refractivity contribution is 6.03. The van der Waals surface area contributed by atoms with Gasteiger partial charge in [-0.25, -0.2) is 0 Å². The molecule has 1 heterocycles. The first-order valence-electron chi connectivity index (χ1n) is 4.98. The topological polar surface area (TPSA) is 60.0 Å². The lowest BCUT2D eigenvalue weighted by atomic mass is 10.3. The Morgan fingerprint density at radius 3 is 2.44 bits per heavy atom.